The SMILES string of the molecule is c1cccc2c(cc1)ccc1ccccccc12. The van der Waals surface area contributed by atoms with Crippen LogP contribution >= 0.6 is 0 Å². The second-order valence-electron chi connectivity index (χ2n) is 4.28. The molecule has 0 aromatic heterocycles. The average molecular weight is 230 g/mol. The van der Waals surface area contributed by atoms with E-state index in [1.807, 2.05) is 0 Å². The van der Waals surface area contributed by atoms with E-state index in [9.17, 15) is 0 Å². The van der Waals surface area contributed by atoms with E-state index in [0.29, 0.717) is 0 Å². The molecule has 3 rings (SSSR count). The smallest absolute Gasteiger partial charge is 0.0105 e. The third-order valence-corrected chi connectivity index (χ3v) is 3.10. The van der Waals surface area contributed by atoms with E-state index >= 15 is 0 Å². The molecule has 0 unspecified atom stereocenters. The largest absolute Gasteiger partial charge is 0.0622 e. The highest BCUT2D eigenvalue weighted by atomic mass is 14.0. The van der Waals surface area contributed by atoms with Crippen LogP contribution in [0.15, 0.2) is 84.9 Å². The van der Waals surface area contributed by atoms with Crippen molar-refractivity contribution in [1.82, 2.24) is 0 Å². The van der Waals surface area contributed by atoms with Gasteiger partial charge in [-0.15, -0.1) is 0 Å². The molecule has 3 aromatic carbocycles. The minimum atomic E-state index is 1.26. The van der Waals surface area contributed by atoms with Crippen LogP contribution in [-0.4, -0.2) is 0 Å². The third kappa shape index (κ3) is 2.05. The zero-order valence-corrected chi connectivity index (χ0v) is 10.1. The van der Waals surface area contributed by atoms with Crippen molar-refractivity contribution >= 4 is 21.5 Å². The molecular weight excluding hydrogens is 216 g/mol. The molecule has 0 fully saturated rings. The molecule has 0 amide bonds. The van der Waals surface area contributed by atoms with Gasteiger partial charge in [0.25, 0.3) is 0 Å². The van der Waals surface area contributed by atoms with Crippen molar-refractivity contribution < 1.29 is 0 Å². The van der Waals surface area contributed by atoms with Crippen molar-refractivity contribution in [3.63, 3.8) is 0 Å². The minimum Gasteiger partial charge on any atom is -0.0622 e. The molecule has 0 heteroatoms. The van der Waals surface area contributed by atoms with Gasteiger partial charge in [0.05, 0.1) is 0 Å². The Hall–Kier alpha value is -2.34. The lowest BCUT2D eigenvalue weighted by atomic mass is 10.0. The fourth-order valence-corrected chi connectivity index (χ4v) is 2.21. The molecule has 0 heterocycles. The van der Waals surface area contributed by atoms with E-state index < -0.39 is 0 Å². The van der Waals surface area contributed by atoms with Crippen LogP contribution in [0.1, 0.15) is 0 Å². The van der Waals surface area contributed by atoms with Gasteiger partial charge in [-0.05, 0) is 21.5 Å². The van der Waals surface area contributed by atoms with Crippen LogP contribution in [0.2, 0.25) is 0 Å². The van der Waals surface area contributed by atoms with Crippen molar-refractivity contribution in [3.8, 4) is 0 Å². The summed E-state index contributed by atoms with van der Waals surface area (Å²) in [6.07, 6.45) is 0. The number of rotatable bonds is 0. The molecule has 3 aromatic rings. The maximum atomic E-state index is 2.18. The Bertz CT molecular complexity index is 675. The van der Waals surface area contributed by atoms with Crippen molar-refractivity contribution in [1.29, 1.82) is 0 Å². The molecule has 0 nitrogen and oxygen atoms in total. The number of hydrogen-bond donors (Lipinski definition) is 0. The lowest BCUT2D eigenvalue weighted by Gasteiger charge is -2.00. The van der Waals surface area contributed by atoms with Crippen molar-refractivity contribution in [2.45, 2.75) is 0 Å². The van der Waals surface area contributed by atoms with E-state index in [2.05, 4.69) is 84.9 Å². The lowest BCUT2D eigenvalue weighted by molar-refractivity contribution is 1.75. The van der Waals surface area contributed by atoms with Crippen molar-refractivity contribution in [2.75, 3.05) is 0 Å². The predicted octanol–water partition coefficient (Wildman–Crippen LogP) is 5.12. The lowest BCUT2D eigenvalue weighted by Crippen LogP contribution is -1.73. The quantitative estimate of drug-likeness (QED) is 0.503. The highest BCUT2D eigenvalue weighted by Crippen LogP contribution is 2.22. The molecule has 0 atom stereocenters. The average Bonchev–Trinajstić information content (AvgIpc) is 2.31. The first-order valence-corrected chi connectivity index (χ1v) is 6.15. The van der Waals surface area contributed by atoms with E-state index in [1.165, 1.54) is 21.5 Å². The Morgan fingerprint density at radius 3 is 1.17 bits per heavy atom. The molecule has 86 valence electrons. The maximum Gasteiger partial charge on any atom is -0.0105 e. The van der Waals surface area contributed by atoms with E-state index in [0.717, 1.165) is 0 Å². The van der Waals surface area contributed by atoms with Crippen LogP contribution in [0, 0.1) is 0 Å². The van der Waals surface area contributed by atoms with Gasteiger partial charge in [0, 0.05) is 0 Å². The summed E-state index contributed by atoms with van der Waals surface area (Å²) in [5.41, 5.74) is 0. The molecule has 0 N–H and O–H groups in total. The first kappa shape index (κ1) is 10.8. The van der Waals surface area contributed by atoms with Gasteiger partial charge in [-0.3, -0.25) is 0 Å². The Kier molecular flexibility index (Phi) is 2.93. The second kappa shape index (κ2) is 4.89. The monoisotopic (exact) mass is 230 g/mol. The van der Waals surface area contributed by atoms with Crippen LogP contribution in [0.3, 0.4) is 0 Å². The molecule has 0 spiro atoms. The van der Waals surface area contributed by atoms with Crippen LogP contribution in [0.5, 0.6) is 0 Å². The van der Waals surface area contributed by atoms with Gasteiger partial charge in [0.2, 0.25) is 0 Å². The summed E-state index contributed by atoms with van der Waals surface area (Å²) in [7, 11) is 0. The zero-order valence-electron chi connectivity index (χ0n) is 10.1. The standard InChI is InChI=1S/C18H14/c1-3-7-11-17-15(9-5-1)13-14-16-10-6-2-4-8-12-18(16)17/h1-14H. The minimum absolute atomic E-state index is 1.26. The zero-order chi connectivity index (χ0) is 12.2. The second-order valence-corrected chi connectivity index (χ2v) is 4.28. The predicted molar refractivity (Wildman–Crippen MR) is 79.1 cm³/mol. The van der Waals surface area contributed by atoms with Gasteiger partial charge in [0.1, 0.15) is 0 Å². The van der Waals surface area contributed by atoms with Gasteiger partial charge in [-0.2, -0.15) is 0 Å². The van der Waals surface area contributed by atoms with E-state index in [-0.39, 0.29) is 0 Å². The van der Waals surface area contributed by atoms with Crippen LogP contribution in [0.25, 0.3) is 21.5 Å². The molecule has 0 radical (unpaired) electrons. The van der Waals surface area contributed by atoms with Crippen LogP contribution < -0.4 is 0 Å². The topological polar surface area (TPSA) is 0 Å². The van der Waals surface area contributed by atoms with Gasteiger partial charge in [0.15, 0.2) is 0 Å². The van der Waals surface area contributed by atoms with Gasteiger partial charge < -0.3 is 0 Å². The fourth-order valence-electron chi connectivity index (χ4n) is 2.21. The molecule has 0 saturated carbocycles. The summed E-state index contributed by atoms with van der Waals surface area (Å²) in [5, 5.41) is 5.09. The highest BCUT2D eigenvalue weighted by Gasteiger charge is 1.95. The van der Waals surface area contributed by atoms with Gasteiger partial charge in [-0.25, -0.2) is 0 Å². The number of benzene rings is 1. The summed E-state index contributed by atoms with van der Waals surface area (Å²) in [4.78, 5) is 0. The first-order valence-electron chi connectivity index (χ1n) is 6.15. The van der Waals surface area contributed by atoms with Crippen molar-refractivity contribution in [2.24, 2.45) is 0 Å². The Balaban J connectivity index is 2.54. The Morgan fingerprint density at radius 1 is 0.333 bits per heavy atom. The summed E-state index contributed by atoms with van der Waals surface area (Å²) in [5.74, 6) is 0. The maximum absolute atomic E-state index is 2.18. The molecule has 0 aliphatic carbocycles. The van der Waals surface area contributed by atoms with Gasteiger partial charge in [-0.1, -0.05) is 84.9 Å². The molecule has 0 saturated heterocycles. The van der Waals surface area contributed by atoms with Crippen LogP contribution in [-0.2, 0) is 0 Å². The molecule has 0 aliphatic rings. The molecule has 0 bridgehead atoms. The fraction of sp³-hybridized carbons (Fsp3) is 0. The van der Waals surface area contributed by atoms with Crippen LogP contribution in [0.4, 0.5) is 0 Å². The Labute approximate surface area is 107 Å². The normalized spacial score (nSPS) is 10.2. The summed E-state index contributed by atoms with van der Waals surface area (Å²) >= 11 is 0. The summed E-state index contributed by atoms with van der Waals surface area (Å²) in [6, 6.07) is 29.6. The third-order valence-electron chi connectivity index (χ3n) is 3.10. The Morgan fingerprint density at radius 2 is 0.722 bits per heavy atom. The molecule has 18 heavy (non-hydrogen) atoms. The summed E-state index contributed by atoms with van der Waals surface area (Å²) in [6.45, 7) is 0. The highest BCUT2D eigenvalue weighted by molar-refractivity contribution is 6.06. The van der Waals surface area contributed by atoms with Crippen molar-refractivity contribution in [3.05, 3.63) is 84.9 Å². The number of fused-ring (bicyclic) bond motifs is 3. The molecular formula is C18H14. The van der Waals surface area contributed by atoms with Gasteiger partial charge >= 0.3 is 0 Å². The summed E-state index contributed by atoms with van der Waals surface area (Å²) < 4.78 is 0. The van der Waals surface area contributed by atoms with E-state index in [4.69, 9.17) is 0 Å². The first-order chi connectivity index (χ1) is 8.95. The number of hydrogen-bond acceptors (Lipinski definition) is 0. The molecule has 0 aliphatic heterocycles. The van der Waals surface area contributed by atoms with E-state index in [1.54, 1.807) is 0 Å².